The third-order valence-corrected chi connectivity index (χ3v) is 13.4. The molecule has 0 radical (unpaired) electrons. The van der Waals surface area contributed by atoms with Crippen LogP contribution in [-0.2, 0) is 6.18 Å². The van der Waals surface area contributed by atoms with Gasteiger partial charge in [-0.25, -0.2) is 0 Å². The summed E-state index contributed by atoms with van der Waals surface area (Å²) in [5, 5.41) is 24.8. The highest BCUT2D eigenvalue weighted by atomic mass is 19.4. The molecule has 0 aliphatic heterocycles. The lowest BCUT2D eigenvalue weighted by Crippen LogP contribution is -2.10. The van der Waals surface area contributed by atoms with Crippen LogP contribution >= 0.6 is 0 Å². The minimum atomic E-state index is -4.84. The molecular formula is C63H37F3N4. The van der Waals surface area contributed by atoms with E-state index in [1.54, 1.807) is 12.1 Å². The van der Waals surface area contributed by atoms with Crippen molar-refractivity contribution in [3.8, 4) is 79.1 Å². The zero-order valence-corrected chi connectivity index (χ0v) is 37.3. The highest BCUT2D eigenvalue weighted by Crippen LogP contribution is 2.46. The van der Waals surface area contributed by atoms with Gasteiger partial charge < -0.3 is 9.13 Å². The Kier molecular flexibility index (Phi) is 10.0. The monoisotopic (exact) mass is 906 g/mol. The lowest BCUT2D eigenvalue weighted by atomic mass is 9.92. The number of fused-ring (bicyclic) bond motifs is 6. The molecule has 0 N–H and O–H groups in total. The van der Waals surface area contributed by atoms with E-state index in [1.807, 2.05) is 78.9 Å². The van der Waals surface area contributed by atoms with E-state index in [0.29, 0.717) is 11.4 Å². The van der Waals surface area contributed by atoms with Gasteiger partial charge in [0, 0.05) is 27.1 Å². The predicted molar refractivity (Wildman–Crippen MR) is 277 cm³/mol. The van der Waals surface area contributed by atoms with Crippen LogP contribution in [0.5, 0.6) is 0 Å². The van der Waals surface area contributed by atoms with E-state index in [2.05, 4.69) is 137 Å². The predicted octanol–water partition coefficient (Wildman–Crippen LogP) is 17.0. The Morgan fingerprint density at radius 1 is 0.329 bits per heavy atom. The molecule has 0 bridgehead atoms. The quantitative estimate of drug-likeness (QED) is 0.160. The van der Waals surface area contributed by atoms with Gasteiger partial charge in [-0.2, -0.15) is 23.7 Å². The van der Waals surface area contributed by atoms with Gasteiger partial charge in [0.1, 0.15) is 0 Å². The SMILES string of the molecule is N#Cc1ccc(-c2cc(-n3c4cc(-c5ccccc5)ccc4c4ccc(-c5ccccc5)cc43)c(-n3c4cc(-c5ccccc5)ccc4c4ccc(-c5ccccc5)cc43)cc2C#N)c(C(F)(F)F)c1. The van der Waals surface area contributed by atoms with Gasteiger partial charge in [-0.3, -0.25) is 0 Å². The summed E-state index contributed by atoms with van der Waals surface area (Å²) >= 11 is 0. The molecule has 0 atom stereocenters. The molecule has 4 nitrogen and oxygen atoms in total. The van der Waals surface area contributed by atoms with E-state index < -0.39 is 11.7 Å². The van der Waals surface area contributed by atoms with Gasteiger partial charge in [-0.1, -0.05) is 176 Å². The molecule has 0 aliphatic rings. The van der Waals surface area contributed by atoms with E-state index in [9.17, 15) is 10.5 Å². The van der Waals surface area contributed by atoms with E-state index in [1.165, 1.54) is 12.1 Å². The number of hydrogen-bond donors (Lipinski definition) is 0. The summed E-state index contributed by atoms with van der Waals surface area (Å²) in [5.41, 5.74) is 11.2. The van der Waals surface area contributed by atoms with E-state index >= 15 is 13.2 Å². The molecule has 0 fully saturated rings. The second-order valence-corrected chi connectivity index (χ2v) is 17.4. The van der Waals surface area contributed by atoms with Crippen LogP contribution in [0, 0.1) is 22.7 Å². The van der Waals surface area contributed by atoms with Crippen molar-refractivity contribution in [2.45, 2.75) is 6.18 Å². The van der Waals surface area contributed by atoms with Crippen LogP contribution in [0.15, 0.2) is 224 Å². The summed E-state index contributed by atoms with van der Waals surface area (Å²) in [6, 6.07) is 77.2. The van der Waals surface area contributed by atoms with Crippen molar-refractivity contribution in [3.63, 3.8) is 0 Å². The van der Waals surface area contributed by atoms with Gasteiger partial charge in [0.25, 0.3) is 0 Å². The zero-order valence-electron chi connectivity index (χ0n) is 37.3. The van der Waals surface area contributed by atoms with Crippen LogP contribution in [0.2, 0.25) is 0 Å². The van der Waals surface area contributed by atoms with Gasteiger partial charge in [-0.05, 0) is 98.6 Å². The maximum atomic E-state index is 15.3. The molecule has 2 heterocycles. The number of nitriles is 2. The molecule has 12 rings (SSSR count). The Balaban J connectivity index is 1.28. The van der Waals surface area contributed by atoms with Crippen molar-refractivity contribution in [2.24, 2.45) is 0 Å². The standard InChI is InChI=1S/C63H37F3N4/c64-63(65,66)56-31-40(38-67)21-26-50(56)55-37-62(70-59-34-47(43-17-9-3-10-18-43)24-29-53(59)54-30-25-48(35-60(54)70)44-19-11-4-12-20-44)61(36-49(55)39-68)69-57-32-45(41-13-5-1-6-14-41)22-27-51(57)52-28-23-46(33-58(52)69)42-15-7-2-8-16-42/h1-37H. The third-order valence-electron chi connectivity index (χ3n) is 13.4. The Bertz CT molecular complexity index is 3910. The summed E-state index contributed by atoms with van der Waals surface area (Å²) in [4.78, 5) is 0. The molecule has 2 aromatic heterocycles. The fraction of sp³-hybridized carbons (Fsp3) is 0.0159. The highest BCUT2D eigenvalue weighted by molar-refractivity contribution is 6.14. The second-order valence-electron chi connectivity index (χ2n) is 17.4. The molecule has 0 aliphatic carbocycles. The van der Waals surface area contributed by atoms with Crippen LogP contribution in [0.4, 0.5) is 13.2 Å². The first-order valence-electron chi connectivity index (χ1n) is 22.8. The largest absolute Gasteiger partial charge is 0.417 e. The summed E-state index contributed by atoms with van der Waals surface area (Å²) in [5.74, 6) is 0. The summed E-state index contributed by atoms with van der Waals surface area (Å²) in [6.07, 6.45) is -4.84. The maximum Gasteiger partial charge on any atom is 0.417 e. The van der Waals surface area contributed by atoms with Crippen LogP contribution in [0.1, 0.15) is 16.7 Å². The van der Waals surface area contributed by atoms with E-state index in [4.69, 9.17) is 0 Å². The summed E-state index contributed by atoms with van der Waals surface area (Å²) in [7, 11) is 0. The van der Waals surface area contributed by atoms with Crippen molar-refractivity contribution in [1.29, 1.82) is 10.5 Å². The summed E-state index contributed by atoms with van der Waals surface area (Å²) in [6.45, 7) is 0. The molecule has 0 saturated heterocycles. The van der Waals surface area contributed by atoms with Gasteiger partial charge in [0.15, 0.2) is 0 Å². The number of nitrogens with zero attached hydrogens (tertiary/aromatic N) is 4. The Labute approximate surface area is 401 Å². The smallest absolute Gasteiger partial charge is 0.307 e. The van der Waals surface area contributed by atoms with Crippen molar-refractivity contribution < 1.29 is 13.2 Å². The minimum absolute atomic E-state index is 0.0399. The topological polar surface area (TPSA) is 57.4 Å². The highest BCUT2D eigenvalue weighted by Gasteiger charge is 2.35. The molecule has 0 saturated carbocycles. The van der Waals surface area contributed by atoms with Crippen LogP contribution in [0.25, 0.3) is 111 Å². The Morgan fingerprint density at radius 3 is 1.01 bits per heavy atom. The normalized spacial score (nSPS) is 11.6. The van der Waals surface area contributed by atoms with E-state index in [0.717, 1.165) is 94.2 Å². The molecule has 12 aromatic rings. The molecule has 0 unspecified atom stereocenters. The molecule has 0 spiro atoms. The number of alkyl halides is 3. The lowest BCUT2D eigenvalue weighted by molar-refractivity contribution is -0.137. The molecule has 0 amide bonds. The summed E-state index contributed by atoms with van der Waals surface area (Å²) < 4.78 is 50.2. The molecule has 10 aromatic carbocycles. The van der Waals surface area contributed by atoms with Crippen LogP contribution in [-0.4, -0.2) is 9.13 Å². The first-order chi connectivity index (χ1) is 34.2. The average Bonchev–Trinajstić information content (AvgIpc) is 3.92. The second kappa shape index (κ2) is 16.7. The maximum absolute atomic E-state index is 15.3. The van der Waals surface area contributed by atoms with Gasteiger partial charge in [-0.15, -0.1) is 0 Å². The van der Waals surface area contributed by atoms with Gasteiger partial charge >= 0.3 is 6.18 Å². The van der Waals surface area contributed by atoms with Crippen molar-refractivity contribution in [1.82, 2.24) is 9.13 Å². The van der Waals surface area contributed by atoms with E-state index in [-0.39, 0.29) is 22.3 Å². The molecule has 70 heavy (non-hydrogen) atoms. The number of hydrogen-bond acceptors (Lipinski definition) is 2. The van der Waals surface area contributed by atoms with Gasteiger partial charge in [0.2, 0.25) is 0 Å². The first-order valence-corrected chi connectivity index (χ1v) is 22.8. The molecular weight excluding hydrogens is 870 g/mol. The fourth-order valence-electron chi connectivity index (χ4n) is 10.1. The molecule has 330 valence electrons. The minimum Gasteiger partial charge on any atom is -0.307 e. The van der Waals surface area contributed by atoms with Gasteiger partial charge in [0.05, 0.1) is 62.3 Å². The van der Waals surface area contributed by atoms with Crippen LogP contribution < -0.4 is 0 Å². The van der Waals surface area contributed by atoms with Crippen molar-refractivity contribution in [3.05, 3.63) is 241 Å². The van der Waals surface area contributed by atoms with Crippen molar-refractivity contribution >= 4 is 43.6 Å². The third kappa shape index (κ3) is 7.08. The Hall–Kier alpha value is -9.43. The lowest BCUT2D eigenvalue weighted by Gasteiger charge is -2.21. The molecule has 7 heteroatoms. The first kappa shape index (κ1) is 42.0. The Morgan fingerprint density at radius 2 is 0.686 bits per heavy atom. The number of rotatable bonds is 7. The number of aromatic nitrogens is 2. The number of halogens is 3. The zero-order chi connectivity index (χ0) is 47.5. The average molecular weight is 907 g/mol. The number of benzene rings is 10. The fourth-order valence-corrected chi connectivity index (χ4v) is 10.1. The van der Waals surface area contributed by atoms with Crippen LogP contribution in [0.3, 0.4) is 0 Å². The van der Waals surface area contributed by atoms with Crippen molar-refractivity contribution in [2.75, 3.05) is 0 Å².